The summed E-state index contributed by atoms with van der Waals surface area (Å²) in [5.41, 5.74) is 0.426. The molecule has 21 heavy (non-hydrogen) atoms. The Labute approximate surface area is 125 Å². The van der Waals surface area contributed by atoms with Gasteiger partial charge in [0.15, 0.2) is 11.5 Å². The molecule has 1 aromatic carbocycles. The fraction of sp³-hybridized carbons (Fsp3) is 0.571. The molecule has 2 rings (SSSR count). The van der Waals surface area contributed by atoms with Crippen LogP contribution in [0.1, 0.15) is 25.3 Å². The normalized spacial score (nSPS) is 16.6. The van der Waals surface area contributed by atoms with E-state index in [1.165, 1.54) is 20.3 Å². The summed E-state index contributed by atoms with van der Waals surface area (Å²) in [7, 11) is 1.25. The molecule has 0 saturated heterocycles. The van der Waals surface area contributed by atoms with E-state index in [2.05, 4.69) is 10.0 Å². The first kappa shape index (κ1) is 16.1. The zero-order valence-electron chi connectivity index (χ0n) is 12.8. The summed E-state index contributed by atoms with van der Waals surface area (Å²) in [6.45, 7) is 2.39. The Kier molecular flexibility index (Phi) is 4.46. The van der Waals surface area contributed by atoms with E-state index in [1.54, 1.807) is 13.1 Å². The quantitative estimate of drug-likeness (QED) is 0.792. The van der Waals surface area contributed by atoms with Crippen molar-refractivity contribution in [1.29, 1.82) is 0 Å². The zero-order valence-corrected chi connectivity index (χ0v) is 13.6. The second-order valence-corrected chi connectivity index (χ2v) is 7.20. The van der Waals surface area contributed by atoms with Crippen LogP contribution in [-0.4, -0.2) is 35.2 Å². The summed E-state index contributed by atoms with van der Waals surface area (Å²) >= 11 is 0. The first-order valence-corrected chi connectivity index (χ1v) is 8.27. The predicted octanol–water partition coefficient (Wildman–Crippen LogP) is 1.25. The highest BCUT2D eigenvalue weighted by Crippen LogP contribution is 2.38. The van der Waals surface area contributed by atoms with E-state index in [9.17, 15) is 8.42 Å². The fourth-order valence-corrected chi connectivity index (χ4v) is 3.70. The lowest BCUT2D eigenvalue weighted by atomic mass is 10.2. The molecule has 1 aliphatic rings. The Morgan fingerprint density at radius 2 is 1.90 bits per heavy atom. The molecule has 1 aliphatic carbocycles. The number of hydrogen-bond donors (Lipinski definition) is 2. The Bertz CT molecular complexity index is 624. The molecular formula is C14H22N2O4S. The smallest absolute Gasteiger partial charge is 0.241 e. The van der Waals surface area contributed by atoms with E-state index >= 15 is 0 Å². The first-order chi connectivity index (χ1) is 9.85. The molecule has 0 radical (unpaired) electrons. The van der Waals surface area contributed by atoms with Gasteiger partial charge in [-0.25, -0.2) is 13.1 Å². The summed E-state index contributed by atoms with van der Waals surface area (Å²) in [4.78, 5) is 0.193. The fourth-order valence-electron chi connectivity index (χ4n) is 2.17. The Balaban J connectivity index is 2.46. The van der Waals surface area contributed by atoms with Crippen molar-refractivity contribution in [1.82, 2.24) is 10.0 Å². The molecular weight excluding hydrogens is 292 g/mol. The van der Waals surface area contributed by atoms with E-state index in [0.717, 1.165) is 18.4 Å². The van der Waals surface area contributed by atoms with Crippen LogP contribution in [0.4, 0.5) is 0 Å². The lowest BCUT2D eigenvalue weighted by Crippen LogP contribution is -2.34. The average molecular weight is 314 g/mol. The predicted molar refractivity (Wildman–Crippen MR) is 80.3 cm³/mol. The van der Waals surface area contributed by atoms with Gasteiger partial charge in [-0.15, -0.1) is 0 Å². The molecule has 1 saturated carbocycles. The van der Waals surface area contributed by atoms with Crippen molar-refractivity contribution in [3.8, 4) is 11.5 Å². The van der Waals surface area contributed by atoms with Gasteiger partial charge in [0.2, 0.25) is 10.0 Å². The maximum absolute atomic E-state index is 12.5. The lowest BCUT2D eigenvalue weighted by Gasteiger charge is -2.17. The first-order valence-electron chi connectivity index (χ1n) is 6.79. The van der Waals surface area contributed by atoms with Crippen LogP contribution in [0.15, 0.2) is 17.0 Å². The molecule has 0 atom stereocenters. The number of methoxy groups -OCH3 is 2. The molecule has 1 fully saturated rings. The molecule has 0 bridgehead atoms. The monoisotopic (exact) mass is 314 g/mol. The van der Waals surface area contributed by atoms with Gasteiger partial charge in [-0.1, -0.05) is 0 Å². The molecule has 6 nitrogen and oxygen atoms in total. The van der Waals surface area contributed by atoms with E-state index in [-0.39, 0.29) is 10.4 Å². The van der Waals surface area contributed by atoms with E-state index in [4.69, 9.17) is 9.47 Å². The maximum atomic E-state index is 12.5. The largest absolute Gasteiger partial charge is 0.493 e. The number of sulfonamides is 1. The minimum Gasteiger partial charge on any atom is -0.493 e. The van der Waals surface area contributed by atoms with Gasteiger partial charge in [-0.2, -0.15) is 0 Å². The molecule has 118 valence electrons. The summed E-state index contributed by atoms with van der Waals surface area (Å²) in [5, 5.41) is 3.00. The van der Waals surface area contributed by atoms with Gasteiger partial charge in [-0.3, -0.25) is 0 Å². The van der Waals surface area contributed by atoms with E-state index in [0.29, 0.717) is 18.0 Å². The molecule has 0 unspecified atom stereocenters. The SMILES string of the molecule is CNCc1cc(S(=O)(=O)NC2(C)CC2)cc(OC)c1OC. The third-order valence-corrected chi connectivity index (χ3v) is 5.21. The van der Waals surface area contributed by atoms with Gasteiger partial charge in [0.25, 0.3) is 0 Å². The van der Waals surface area contributed by atoms with Crippen molar-refractivity contribution in [2.45, 2.75) is 36.7 Å². The summed E-state index contributed by atoms with van der Waals surface area (Å²) in [6, 6.07) is 3.11. The van der Waals surface area contributed by atoms with Crippen LogP contribution in [0.25, 0.3) is 0 Å². The van der Waals surface area contributed by atoms with Gasteiger partial charge < -0.3 is 14.8 Å². The highest BCUT2D eigenvalue weighted by Gasteiger charge is 2.41. The number of hydrogen-bond acceptors (Lipinski definition) is 5. The second-order valence-electron chi connectivity index (χ2n) is 5.51. The van der Waals surface area contributed by atoms with Crippen LogP contribution < -0.4 is 19.5 Å². The van der Waals surface area contributed by atoms with Crippen LogP contribution in [0.5, 0.6) is 11.5 Å². The summed E-state index contributed by atoms with van der Waals surface area (Å²) in [6.07, 6.45) is 1.73. The van der Waals surface area contributed by atoms with Crippen LogP contribution in [-0.2, 0) is 16.6 Å². The molecule has 0 heterocycles. The lowest BCUT2D eigenvalue weighted by molar-refractivity contribution is 0.349. The molecule has 0 spiro atoms. The van der Waals surface area contributed by atoms with Crippen molar-refractivity contribution >= 4 is 10.0 Å². The van der Waals surface area contributed by atoms with Gasteiger partial charge in [0, 0.05) is 23.7 Å². The molecule has 7 heteroatoms. The van der Waals surface area contributed by atoms with Crippen molar-refractivity contribution in [2.24, 2.45) is 0 Å². The Morgan fingerprint density at radius 1 is 1.24 bits per heavy atom. The van der Waals surface area contributed by atoms with Crippen molar-refractivity contribution in [2.75, 3.05) is 21.3 Å². The highest BCUT2D eigenvalue weighted by molar-refractivity contribution is 7.89. The van der Waals surface area contributed by atoms with Gasteiger partial charge in [0.1, 0.15) is 0 Å². The van der Waals surface area contributed by atoms with Gasteiger partial charge >= 0.3 is 0 Å². The van der Waals surface area contributed by atoms with Crippen molar-refractivity contribution < 1.29 is 17.9 Å². The molecule has 0 aromatic heterocycles. The molecule has 0 amide bonds. The van der Waals surface area contributed by atoms with Crippen LogP contribution in [0, 0.1) is 0 Å². The molecule has 2 N–H and O–H groups in total. The van der Waals surface area contributed by atoms with E-state index < -0.39 is 10.0 Å². The zero-order chi connectivity index (χ0) is 15.7. The number of ether oxygens (including phenoxy) is 2. The standard InChI is InChI=1S/C14H22N2O4S/c1-14(5-6-14)16-21(17,18)11-7-10(9-15-2)13(20-4)12(8-11)19-3/h7-8,15-16H,5-6,9H2,1-4H3. The number of benzene rings is 1. The third kappa shape index (κ3) is 3.48. The summed E-state index contributed by atoms with van der Waals surface area (Å²) < 4.78 is 38.3. The summed E-state index contributed by atoms with van der Waals surface area (Å²) in [5.74, 6) is 0.954. The van der Waals surface area contributed by atoms with Gasteiger partial charge in [-0.05, 0) is 32.9 Å². The minimum atomic E-state index is -3.57. The van der Waals surface area contributed by atoms with E-state index in [1.807, 2.05) is 6.92 Å². The maximum Gasteiger partial charge on any atom is 0.241 e. The molecule has 1 aromatic rings. The number of rotatable bonds is 7. The Hall–Kier alpha value is -1.31. The van der Waals surface area contributed by atoms with Crippen LogP contribution in [0.2, 0.25) is 0 Å². The van der Waals surface area contributed by atoms with Crippen LogP contribution in [0.3, 0.4) is 0 Å². The van der Waals surface area contributed by atoms with Crippen molar-refractivity contribution in [3.63, 3.8) is 0 Å². The minimum absolute atomic E-state index is 0.193. The molecule has 0 aliphatic heterocycles. The number of nitrogens with one attached hydrogen (secondary N) is 2. The average Bonchev–Trinajstić information content (AvgIpc) is 3.14. The van der Waals surface area contributed by atoms with Crippen LogP contribution >= 0.6 is 0 Å². The topological polar surface area (TPSA) is 76.7 Å². The highest BCUT2D eigenvalue weighted by atomic mass is 32.2. The second kappa shape index (κ2) is 5.82. The van der Waals surface area contributed by atoms with Gasteiger partial charge in [0.05, 0.1) is 19.1 Å². The Morgan fingerprint density at radius 3 is 2.38 bits per heavy atom. The van der Waals surface area contributed by atoms with Crippen molar-refractivity contribution in [3.05, 3.63) is 17.7 Å². The third-order valence-electron chi connectivity index (χ3n) is 3.59.